The summed E-state index contributed by atoms with van der Waals surface area (Å²) in [7, 11) is 0. The summed E-state index contributed by atoms with van der Waals surface area (Å²) in [4.78, 5) is 0. The van der Waals surface area contributed by atoms with Gasteiger partial charge in [-0.05, 0) is 0 Å². The van der Waals surface area contributed by atoms with Crippen molar-refractivity contribution in [2.45, 2.75) is 24.2 Å². The molecule has 0 radical (unpaired) electrons. The van der Waals surface area contributed by atoms with E-state index in [-0.39, 0.29) is 29.6 Å². The zero-order chi connectivity index (χ0) is 9.89. The topological polar surface area (TPSA) is 57.5 Å². The van der Waals surface area contributed by atoms with Gasteiger partial charge in [-0.25, -0.2) is 21.8 Å². The summed E-state index contributed by atoms with van der Waals surface area (Å²) in [5.74, 6) is 0. The van der Waals surface area contributed by atoms with Crippen LogP contribution in [0.4, 0.5) is 17.6 Å². The third-order valence-electron chi connectivity index (χ3n) is 1.06. The number of alkyl halides is 4. The van der Waals surface area contributed by atoms with Crippen LogP contribution in [0.3, 0.4) is 0 Å². The molecular formula is C4H7F4NaO3S. The molecule has 3 nitrogen and oxygen atoms in total. The van der Waals surface area contributed by atoms with Gasteiger partial charge in [0.2, 0.25) is 6.36 Å². The molecule has 0 amide bonds. The number of aliphatic hydroxyl groups excluding tert-OH is 1. The molecule has 0 bridgehead atoms. The zero-order valence-electron chi connectivity index (χ0n) is 5.53. The van der Waals surface area contributed by atoms with Crippen LogP contribution in [0, 0.1) is 0 Å². The van der Waals surface area contributed by atoms with E-state index in [1.54, 1.807) is 0 Å². The Bertz CT molecular complexity index is 169. The van der Waals surface area contributed by atoms with Gasteiger partial charge in [0, 0.05) is 0 Å². The fourth-order valence-corrected chi connectivity index (χ4v) is 1.02. The Kier molecular flexibility index (Phi) is 8.90. The molecule has 0 aromatic rings. The van der Waals surface area contributed by atoms with Crippen molar-refractivity contribution in [2.24, 2.45) is 0 Å². The minimum atomic E-state index is -3.50. The fraction of sp³-hybridized carbons (Fsp3) is 1.00. The third-order valence-corrected chi connectivity index (χ3v) is 1.99. The Hall–Kier alpha value is 0.790. The molecule has 0 aromatic carbocycles. The van der Waals surface area contributed by atoms with Crippen molar-refractivity contribution in [3.63, 3.8) is 0 Å². The van der Waals surface area contributed by atoms with E-state index in [1.165, 1.54) is 0 Å². The van der Waals surface area contributed by atoms with Gasteiger partial charge in [0.1, 0.15) is 0 Å². The molecule has 9 heteroatoms. The maximum atomic E-state index is 12.2. The maximum absolute atomic E-state index is 12.2. The summed E-state index contributed by atoms with van der Waals surface area (Å²) >= 11 is -3.21. The van der Waals surface area contributed by atoms with Crippen LogP contribution >= 0.6 is 0 Å². The molecule has 0 heterocycles. The van der Waals surface area contributed by atoms with E-state index in [2.05, 4.69) is 0 Å². The van der Waals surface area contributed by atoms with Crippen molar-refractivity contribution in [1.82, 2.24) is 0 Å². The van der Waals surface area contributed by atoms with Crippen LogP contribution in [0.1, 0.15) is 0 Å². The Labute approximate surface area is 96.1 Å². The van der Waals surface area contributed by atoms with Gasteiger partial charge in [-0.15, -0.1) is 0 Å². The Morgan fingerprint density at radius 2 is 1.54 bits per heavy atom. The molecule has 4 atom stereocenters. The standard InChI is InChI=1S/C4H6F4O3S.Na.H/c5-1(4(8)9)2(3(6)7)12(10)11;;/h1-4,9H,(H,10,11);;. The molecule has 0 aliphatic rings. The molecule has 2 N–H and O–H groups in total. The van der Waals surface area contributed by atoms with E-state index in [9.17, 15) is 21.8 Å². The predicted octanol–water partition coefficient (Wildman–Crippen LogP) is -0.181. The molecule has 0 aliphatic heterocycles. The molecule has 76 valence electrons. The van der Waals surface area contributed by atoms with E-state index in [1.807, 2.05) is 0 Å². The van der Waals surface area contributed by atoms with Crippen molar-refractivity contribution in [3.8, 4) is 0 Å². The molecule has 13 heavy (non-hydrogen) atoms. The van der Waals surface area contributed by atoms with Gasteiger partial charge < -0.3 is 9.66 Å². The molecule has 4 unspecified atom stereocenters. The van der Waals surface area contributed by atoms with E-state index in [0.717, 1.165) is 0 Å². The van der Waals surface area contributed by atoms with Gasteiger partial charge >= 0.3 is 29.6 Å². The third kappa shape index (κ3) is 5.28. The van der Waals surface area contributed by atoms with Crippen LogP contribution in [0.5, 0.6) is 0 Å². The second kappa shape index (κ2) is 7.13. The molecule has 0 saturated heterocycles. The van der Waals surface area contributed by atoms with Crippen molar-refractivity contribution in [3.05, 3.63) is 0 Å². The van der Waals surface area contributed by atoms with Gasteiger partial charge in [0.05, 0.1) is 0 Å². The van der Waals surface area contributed by atoms with Gasteiger partial charge in [-0.2, -0.15) is 0 Å². The fourth-order valence-electron chi connectivity index (χ4n) is 0.495. The number of aliphatic hydroxyl groups is 1. The van der Waals surface area contributed by atoms with Crippen molar-refractivity contribution < 1.29 is 31.4 Å². The predicted molar refractivity (Wildman–Crippen MR) is 39.7 cm³/mol. The first-order chi connectivity index (χ1) is 5.37. The van der Waals surface area contributed by atoms with Crippen molar-refractivity contribution in [1.29, 1.82) is 0 Å². The Balaban J connectivity index is 0. The molecular weight excluding hydrogens is 227 g/mol. The van der Waals surface area contributed by atoms with E-state index in [4.69, 9.17) is 9.66 Å². The monoisotopic (exact) mass is 234 g/mol. The van der Waals surface area contributed by atoms with Crippen LogP contribution < -0.4 is 0 Å². The molecule has 0 spiro atoms. The average molecular weight is 234 g/mol. The first-order valence-corrected chi connectivity index (χ1v) is 3.89. The van der Waals surface area contributed by atoms with Gasteiger partial charge in [0.15, 0.2) is 22.5 Å². The average Bonchev–Trinajstić information content (AvgIpc) is 1.85. The number of rotatable bonds is 4. The normalized spacial score (nSPS) is 20.2. The van der Waals surface area contributed by atoms with Gasteiger partial charge in [-0.3, -0.25) is 0 Å². The summed E-state index contributed by atoms with van der Waals surface area (Å²) < 4.78 is 65.4. The summed E-state index contributed by atoms with van der Waals surface area (Å²) in [6.45, 7) is 0. The van der Waals surface area contributed by atoms with Crippen LogP contribution in [-0.2, 0) is 11.1 Å². The number of hydrogen-bond acceptors (Lipinski definition) is 2. The quantitative estimate of drug-likeness (QED) is 0.403. The second-order valence-corrected chi connectivity index (χ2v) is 2.99. The van der Waals surface area contributed by atoms with Gasteiger partial charge in [0.25, 0.3) is 6.43 Å². The zero-order valence-corrected chi connectivity index (χ0v) is 6.35. The van der Waals surface area contributed by atoms with Crippen LogP contribution in [0.25, 0.3) is 0 Å². The summed E-state index contributed by atoms with van der Waals surface area (Å²) in [5, 5.41) is 5.15. The molecule has 0 rings (SSSR count). The first kappa shape index (κ1) is 16.2. The van der Waals surface area contributed by atoms with Crippen LogP contribution in [-0.4, -0.2) is 67.6 Å². The van der Waals surface area contributed by atoms with E-state index < -0.39 is 35.3 Å². The summed E-state index contributed by atoms with van der Waals surface area (Å²) in [6.07, 6.45) is -9.74. The van der Waals surface area contributed by atoms with Gasteiger partial charge in [-0.1, -0.05) is 0 Å². The van der Waals surface area contributed by atoms with Crippen molar-refractivity contribution >= 4 is 40.6 Å². The summed E-state index contributed by atoms with van der Waals surface area (Å²) in [6, 6.07) is 0. The molecule has 0 aromatic heterocycles. The second-order valence-electron chi connectivity index (χ2n) is 1.89. The minimum absolute atomic E-state index is 0. The van der Waals surface area contributed by atoms with Crippen molar-refractivity contribution in [2.75, 3.05) is 0 Å². The first-order valence-electron chi connectivity index (χ1n) is 2.72. The number of halogens is 4. The Morgan fingerprint density at radius 3 is 1.62 bits per heavy atom. The summed E-state index contributed by atoms with van der Waals surface area (Å²) in [5.41, 5.74) is 0. The van der Waals surface area contributed by atoms with Crippen LogP contribution in [0.15, 0.2) is 0 Å². The number of hydrogen-bond donors (Lipinski definition) is 2. The molecule has 0 saturated carbocycles. The Morgan fingerprint density at radius 1 is 1.15 bits per heavy atom. The molecule has 0 fully saturated rings. The molecule has 0 aliphatic carbocycles. The van der Waals surface area contributed by atoms with E-state index in [0.29, 0.717) is 0 Å². The van der Waals surface area contributed by atoms with Crippen LogP contribution in [0.2, 0.25) is 0 Å². The van der Waals surface area contributed by atoms with E-state index >= 15 is 0 Å². The SMILES string of the molecule is O=S(O)C(C(F)F)C(F)C(O)F.[NaH].